The van der Waals surface area contributed by atoms with Gasteiger partial charge in [-0.05, 0) is 48.0 Å². The van der Waals surface area contributed by atoms with E-state index in [1.807, 2.05) is 6.07 Å². The number of hydrogen-bond donors (Lipinski definition) is 1. The van der Waals surface area contributed by atoms with Crippen molar-refractivity contribution in [2.75, 3.05) is 0 Å². The summed E-state index contributed by atoms with van der Waals surface area (Å²) in [5.74, 6) is -3.00. The van der Waals surface area contributed by atoms with E-state index in [0.29, 0.717) is 11.6 Å². The van der Waals surface area contributed by atoms with Gasteiger partial charge in [-0.3, -0.25) is 14.6 Å². The predicted octanol–water partition coefficient (Wildman–Crippen LogP) is 4.66. The fourth-order valence-corrected chi connectivity index (χ4v) is 3.44. The lowest BCUT2D eigenvalue weighted by Crippen LogP contribution is -2.14. The minimum absolute atomic E-state index is 0.00475. The first-order valence-corrected chi connectivity index (χ1v) is 9.61. The zero-order chi connectivity index (χ0) is 24.6. The predicted molar refractivity (Wildman–Crippen MR) is 113 cm³/mol. The molecule has 0 atom stereocenters. The number of fused-ring (bicyclic) bond motifs is 1. The minimum Gasteiger partial charge on any atom is -0.366 e. The zero-order valence-corrected chi connectivity index (χ0v) is 17.0. The van der Waals surface area contributed by atoms with Crippen molar-refractivity contribution in [1.82, 2.24) is 9.97 Å². The molecule has 0 spiro atoms. The van der Waals surface area contributed by atoms with Crippen molar-refractivity contribution < 1.29 is 27.2 Å². The van der Waals surface area contributed by atoms with Crippen molar-refractivity contribution in [2.45, 2.75) is 6.18 Å². The van der Waals surface area contributed by atoms with Gasteiger partial charge in [0.25, 0.3) is 0 Å². The molecule has 0 bridgehead atoms. The summed E-state index contributed by atoms with van der Waals surface area (Å²) in [6.07, 6.45) is -3.60. The minimum atomic E-state index is -4.85. The van der Waals surface area contributed by atoms with Gasteiger partial charge in [0.1, 0.15) is 11.9 Å². The van der Waals surface area contributed by atoms with Gasteiger partial charge in [-0.15, -0.1) is 0 Å². The molecule has 0 saturated heterocycles. The molecule has 0 aliphatic heterocycles. The molecule has 0 fully saturated rings. The molecule has 6 nitrogen and oxygen atoms in total. The van der Waals surface area contributed by atoms with Crippen molar-refractivity contribution >= 4 is 22.7 Å². The molecule has 0 saturated carbocycles. The van der Waals surface area contributed by atoms with Gasteiger partial charge in [-0.25, -0.2) is 9.37 Å². The molecule has 0 unspecified atom stereocenters. The fraction of sp³-hybridized carbons (Fsp3) is 0.0417. The van der Waals surface area contributed by atoms with E-state index < -0.39 is 45.9 Å². The molecule has 1 aromatic heterocycles. The quantitative estimate of drug-likeness (QED) is 0.349. The van der Waals surface area contributed by atoms with Gasteiger partial charge >= 0.3 is 6.18 Å². The highest BCUT2D eigenvalue weighted by atomic mass is 19.4. The van der Waals surface area contributed by atoms with Crippen LogP contribution in [0.5, 0.6) is 0 Å². The highest BCUT2D eigenvalue weighted by Crippen LogP contribution is 2.39. The topological polar surface area (TPSA) is 110 Å². The van der Waals surface area contributed by atoms with Crippen LogP contribution < -0.4 is 5.73 Å². The summed E-state index contributed by atoms with van der Waals surface area (Å²) in [6, 6.07) is 11.8. The van der Waals surface area contributed by atoms with E-state index in [-0.39, 0.29) is 22.3 Å². The maximum absolute atomic E-state index is 15.5. The first-order chi connectivity index (χ1) is 16.1. The summed E-state index contributed by atoms with van der Waals surface area (Å²) in [4.78, 5) is 32.6. The van der Waals surface area contributed by atoms with Crippen LogP contribution in [0.3, 0.4) is 0 Å². The molecule has 10 heteroatoms. The Morgan fingerprint density at radius 1 is 0.941 bits per heavy atom. The number of nitriles is 1. The lowest BCUT2D eigenvalue weighted by Gasteiger charge is -2.16. The van der Waals surface area contributed by atoms with Crippen LogP contribution in [-0.2, 0) is 6.18 Å². The van der Waals surface area contributed by atoms with Gasteiger partial charge in [0.2, 0.25) is 5.91 Å². The SMILES string of the molecule is N#Cc1cnc2ccc(C(=O)c3cccc(-c4cc(C(N)=O)ccc4C(F)(F)F)c3F)cc2n1. The first-order valence-electron chi connectivity index (χ1n) is 9.61. The molecule has 0 aliphatic rings. The highest BCUT2D eigenvalue weighted by Gasteiger charge is 2.35. The summed E-state index contributed by atoms with van der Waals surface area (Å²) in [6.45, 7) is 0. The molecule has 168 valence electrons. The Labute approximate surface area is 189 Å². The number of halogens is 4. The van der Waals surface area contributed by atoms with E-state index in [4.69, 9.17) is 11.0 Å². The number of ketones is 1. The Morgan fingerprint density at radius 2 is 1.68 bits per heavy atom. The average molecular weight is 464 g/mol. The van der Waals surface area contributed by atoms with Crippen molar-refractivity contribution in [3.63, 3.8) is 0 Å². The van der Waals surface area contributed by atoms with Gasteiger partial charge in [-0.2, -0.15) is 18.4 Å². The second-order valence-corrected chi connectivity index (χ2v) is 7.19. The third-order valence-corrected chi connectivity index (χ3v) is 5.06. The molecule has 3 aromatic carbocycles. The standard InChI is InChI=1S/C24H12F4N4O2/c25-21-15(17-8-13(23(30)34)4-6-18(17)24(26,27)28)2-1-3-16(21)22(33)12-5-7-19-20(9-12)32-14(10-29)11-31-19/h1-9,11H,(H2,30,34). The molecule has 4 rings (SSSR count). The van der Waals surface area contributed by atoms with Gasteiger partial charge in [-0.1, -0.05) is 12.1 Å². The van der Waals surface area contributed by atoms with Gasteiger partial charge in [0.05, 0.1) is 28.4 Å². The average Bonchev–Trinajstić information content (AvgIpc) is 2.82. The van der Waals surface area contributed by atoms with E-state index in [9.17, 15) is 22.8 Å². The second kappa shape index (κ2) is 8.37. The number of alkyl halides is 3. The number of carbonyl (C=O) groups is 2. The van der Waals surface area contributed by atoms with E-state index in [2.05, 4.69) is 9.97 Å². The Morgan fingerprint density at radius 3 is 2.35 bits per heavy atom. The van der Waals surface area contributed by atoms with E-state index in [0.717, 1.165) is 24.3 Å². The number of nitrogens with two attached hydrogens (primary N) is 1. The Kier molecular flexibility index (Phi) is 5.55. The summed E-state index contributed by atoms with van der Waals surface area (Å²) >= 11 is 0. The lowest BCUT2D eigenvalue weighted by atomic mass is 9.93. The first kappa shape index (κ1) is 22.5. The maximum atomic E-state index is 15.5. The maximum Gasteiger partial charge on any atom is 0.417 e. The number of rotatable bonds is 4. The monoisotopic (exact) mass is 464 g/mol. The van der Waals surface area contributed by atoms with Gasteiger partial charge in [0.15, 0.2) is 11.5 Å². The summed E-state index contributed by atoms with van der Waals surface area (Å²) < 4.78 is 56.2. The number of nitrogens with zero attached hydrogens (tertiary/aromatic N) is 3. The smallest absolute Gasteiger partial charge is 0.366 e. The van der Waals surface area contributed by atoms with Crippen molar-refractivity contribution in [1.29, 1.82) is 5.26 Å². The highest BCUT2D eigenvalue weighted by molar-refractivity contribution is 6.11. The summed E-state index contributed by atoms with van der Waals surface area (Å²) in [5.41, 5.74) is 2.73. The molecule has 34 heavy (non-hydrogen) atoms. The van der Waals surface area contributed by atoms with Crippen LogP contribution in [0.2, 0.25) is 0 Å². The van der Waals surface area contributed by atoms with Crippen molar-refractivity contribution in [2.24, 2.45) is 5.73 Å². The van der Waals surface area contributed by atoms with Gasteiger partial charge < -0.3 is 5.73 Å². The molecule has 1 heterocycles. The van der Waals surface area contributed by atoms with E-state index >= 15 is 4.39 Å². The molecule has 0 aliphatic carbocycles. The lowest BCUT2D eigenvalue weighted by molar-refractivity contribution is -0.137. The number of carbonyl (C=O) groups excluding carboxylic acids is 2. The van der Waals surface area contributed by atoms with Crippen molar-refractivity contribution in [3.05, 3.63) is 94.6 Å². The van der Waals surface area contributed by atoms with E-state index in [1.54, 1.807) is 0 Å². The largest absolute Gasteiger partial charge is 0.417 e. The molecule has 4 aromatic rings. The molecule has 2 N–H and O–H groups in total. The second-order valence-electron chi connectivity index (χ2n) is 7.19. The van der Waals surface area contributed by atoms with Crippen LogP contribution >= 0.6 is 0 Å². The third-order valence-electron chi connectivity index (χ3n) is 5.06. The summed E-state index contributed by atoms with van der Waals surface area (Å²) in [5, 5.41) is 8.98. The molecular weight excluding hydrogens is 452 g/mol. The Hall–Kier alpha value is -4.65. The number of primary amides is 1. The summed E-state index contributed by atoms with van der Waals surface area (Å²) in [7, 11) is 0. The van der Waals surface area contributed by atoms with Crippen LogP contribution in [0.1, 0.15) is 37.5 Å². The number of aromatic nitrogens is 2. The zero-order valence-electron chi connectivity index (χ0n) is 17.0. The third kappa shape index (κ3) is 4.06. The van der Waals surface area contributed by atoms with Crippen LogP contribution in [0.15, 0.2) is 60.8 Å². The molecular formula is C24H12F4N4O2. The van der Waals surface area contributed by atoms with Crippen LogP contribution in [0, 0.1) is 17.1 Å². The Bertz CT molecular complexity index is 1520. The van der Waals surface area contributed by atoms with Crippen molar-refractivity contribution in [3.8, 4) is 17.2 Å². The Balaban J connectivity index is 1.86. The number of hydrogen-bond acceptors (Lipinski definition) is 5. The number of amides is 1. The van der Waals surface area contributed by atoms with Crippen LogP contribution in [0.4, 0.5) is 17.6 Å². The van der Waals surface area contributed by atoms with E-state index in [1.165, 1.54) is 30.5 Å². The molecule has 0 radical (unpaired) electrons. The molecule has 1 amide bonds. The normalized spacial score (nSPS) is 11.3. The van der Waals surface area contributed by atoms with Crippen LogP contribution in [0.25, 0.3) is 22.2 Å². The number of benzene rings is 3. The van der Waals surface area contributed by atoms with Gasteiger partial charge in [0, 0.05) is 16.7 Å². The fourth-order valence-electron chi connectivity index (χ4n) is 3.44. The van der Waals surface area contributed by atoms with Crippen LogP contribution in [-0.4, -0.2) is 21.7 Å².